The Balaban J connectivity index is 1.77. The van der Waals surface area contributed by atoms with Crippen LogP contribution in [0.1, 0.15) is 45.3 Å². The molecule has 1 unspecified atom stereocenters. The fourth-order valence-corrected chi connectivity index (χ4v) is 5.45. The molecule has 0 aliphatic carbocycles. The average Bonchev–Trinajstić information content (AvgIpc) is 3.49. The number of fused-ring (bicyclic) bond motifs is 1. The number of nitro groups is 1. The van der Waals surface area contributed by atoms with Gasteiger partial charge in [0.2, 0.25) is 0 Å². The summed E-state index contributed by atoms with van der Waals surface area (Å²) in [4.78, 5) is 59.7. The molecule has 1 N–H and O–H groups in total. The molecule has 186 valence electrons. The Bertz CT molecular complexity index is 1670. The number of amides is 1. The van der Waals surface area contributed by atoms with Crippen LogP contribution in [-0.4, -0.2) is 41.9 Å². The lowest BCUT2D eigenvalue weighted by molar-refractivity contribution is -0.384. The maximum atomic E-state index is 13.4. The zero-order chi connectivity index (χ0) is 26.6. The molecule has 0 spiro atoms. The number of thiazole rings is 1. The number of carbonyl (C=O) groups excluding carboxylic acids is 3. The zero-order valence-corrected chi connectivity index (χ0v) is 20.6. The highest BCUT2D eigenvalue weighted by atomic mass is 32.1. The van der Waals surface area contributed by atoms with Crippen molar-refractivity contribution < 1.29 is 24.4 Å². The summed E-state index contributed by atoms with van der Waals surface area (Å²) in [7, 11) is 0. The number of aliphatic hydroxyl groups excluding tert-OH is 1. The van der Waals surface area contributed by atoms with Crippen molar-refractivity contribution >= 4 is 51.0 Å². The highest BCUT2D eigenvalue weighted by Crippen LogP contribution is 2.44. The number of non-ortho nitro benzene ring substituents is 1. The molecule has 1 fully saturated rings. The van der Waals surface area contributed by atoms with Crippen molar-refractivity contribution in [2.24, 2.45) is 0 Å². The molecule has 1 aliphatic rings. The number of rotatable bonds is 5. The van der Waals surface area contributed by atoms with Gasteiger partial charge in [-0.1, -0.05) is 17.4 Å². The van der Waals surface area contributed by atoms with Crippen LogP contribution in [0.2, 0.25) is 0 Å². The molecule has 3 aromatic heterocycles. The van der Waals surface area contributed by atoms with Crippen molar-refractivity contribution in [1.29, 1.82) is 0 Å². The Morgan fingerprint density at radius 2 is 1.78 bits per heavy atom. The van der Waals surface area contributed by atoms with E-state index in [0.29, 0.717) is 27.5 Å². The number of aromatic nitrogens is 3. The molecule has 37 heavy (non-hydrogen) atoms. The van der Waals surface area contributed by atoms with E-state index < -0.39 is 28.4 Å². The van der Waals surface area contributed by atoms with E-state index in [2.05, 4.69) is 9.97 Å². The molecule has 1 aliphatic heterocycles. The van der Waals surface area contributed by atoms with E-state index in [1.165, 1.54) is 31.2 Å². The van der Waals surface area contributed by atoms with Gasteiger partial charge in [-0.3, -0.25) is 33.8 Å². The molecular formula is C25H19N5O6S. The molecule has 0 bridgehead atoms. The number of benzene rings is 1. The SMILES string of the molecule is CC(=O)c1sc(N2C(=O)C(=O)/C(=C(/O)c3c(C)nc4ccccn34)C2c2ccc([N+](=O)[O-])cc2)nc1C. The van der Waals surface area contributed by atoms with E-state index in [-0.39, 0.29) is 27.9 Å². The molecule has 1 aromatic carbocycles. The second-order valence-electron chi connectivity index (χ2n) is 8.46. The predicted octanol–water partition coefficient (Wildman–Crippen LogP) is 4.14. The Labute approximate surface area is 213 Å². The largest absolute Gasteiger partial charge is 0.505 e. The van der Waals surface area contributed by atoms with Gasteiger partial charge in [-0.25, -0.2) is 9.97 Å². The summed E-state index contributed by atoms with van der Waals surface area (Å²) in [5.41, 5.74) is 1.54. The fourth-order valence-electron chi connectivity index (χ4n) is 4.46. The summed E-state index contributed by atoms with van der Waals surface area (Å²) >= 11 is 0.956. The number of imidazole rings is 1. The topological polar surface area (TPSA) is 148 Å². The molecule has 5 rings (SSSR count). The highest BCUT2D eigenvalue weighted by Gasteiger charge is 2.49. The van der Waals surface area contributed by atoms with Crippen molar-refractivity contribution in [2.45, 2.75) is 26.8 Å². The first kappa shape index (κ1) is 24.0. The first-order valence-corrected chi connectivity index (χ1v) is 11.9. The predicted molar refractivity (Wildman–Crippen MR) is 135 cm³/mol. The first-order valence-electron chi connectivity index (χ1n) is 11.1. The summed E-state index contributed by atoms with van der Waals surface area (Å²) in [5.74, 6) is -2.59. The molecule has 1 amide bonds. The van der Waals surface area contributed by atoms with Crippen LogP contribution in [-0.2, 0) is 9.59 Å². The number of aryl methyl sites for hydroxylation is 2. The summed E-state index contributed by atoms with van der Waals surface area (Å²) in [5, 5.41) is 22.8. The molecule has 0 radical (unpaired) electrons. The number of carbonyl (C=O) groups is 3. The maximum Gasteiger partial charge on any atom is 0.301 e. The summed E-state index contributed by atoms with van der Waals surface area (Å²) in [6, 6.07) is 9.44. The zero-order valence-electron chi connectivity index (χ0n) is 19.8. The van der Waals surface area contributed by atoms with Crippen LogP contribution in [0.15, 0.2) is 54.2 Å². The number of ketones is 2. The third-order valence-electron chi connectivity index (χ3n) is 6.10. The lowest BCUT2D eigenvalue weighted by Gasteiger charge is -2.23. The van der Waals surface area contributed by atoms with Crippen LogP contribution in [0.3, 0.4) is 0 Å². The van der Waals surface area contributed by atoms with Crippen LogP contribution in [0.5, 0.6) is 0 Å². The van der Waals surface area contributed by atoms with Crippen molar-refractivity contribution in [3.05, 3.63) is 91.9 Å². The average molecular weight is 518 g/mol. The van der Waals surface area contributed by atoms with E-state index in [0.717, 1.165) is 16.2 Å². The standard InChI is InChI=1S/C25H19N5O6S/c1-12-19(28-11-5-4-6-17(28)26-12)21(32)18-20(15-7-9-16(10-8-15)30(35)36)29(24(34)22(18)33)25-27-13(2)23(37-25)14(3)31/h4-11,20,32H,1-3H3/b21-18+. The number of nitrogens with zero attached hydrogens (tertiary/aromatic N) is 5. The van der Waals surface area contributed by atoms with Gasteiger partial charge >= 0.3 is 5.91 Å². The minimum atomic E-state index is -1.15. The van der Waals surface area contributed by atoms with E-state index >= 15 is 0 Å². The highest BCUT2D eigenvalue weighted by molar-refractivity contribution is 7.18. The van der Waals surface area contributed by atoms with Crippen LogP contribution >= 0.6 is 11.3 Å². The fraction of sp³-hybridized carbons (Fsp3) is 0.160. The first-order chi connectivity index (χ1) is 17.6. The molecule has 11 nitrogen and oxygen atoms in total. The molecule has 4 heterocycles. The molecule has 1 saturated heterocycles. The van der Waals surface area contributed by atoms with Crippen molar-refractivity contribution in [3.63, 3.8) is 0 Å². The number of Topliss-reactive ketones (excluding diaryl/α,β-unsaturated/α-hetero) is 2. The number of hydrogen-bond acceptors (Lipinski definition) is 9. The second-order valence-corrected chi connectivity index (χ2v) is 9.44. The van der Waals surface area contributed by atoms with Gasteiger partial charge in [0.15, 0.2) is 16.7 Å². The summed E-state index contributed by atoms with van der Waals surface area (Å²) in [6.45, 7) is 4.66. The minimum absolute atomic E-state index is 0.0991. The Morgan fingerprint density at radius 1 is 1.08 bits per heavy atom. The van der Waals surface area contributed by atoms with Gasteiger partial charge in [-0.2, -0.15) is 0 Å². The Hall–Kier alpha value is -4.71. The molecule has 12 heteroatoms. The van der Waals surface area contributed by atoms with Crippen LogP contribution in [0.25, 0.3) is 11.4 Å². The number of pyridine rings is 1. The number of anilines is 1. The van der Waals surface area contributed by atoms with Crippen molar-refractivity contribution in [2.75, 3.05) is 4.90 Å². The van der Waals surface area contributed by atoms with Crippen molar-refractivity contribution in [1.82, 2.24) is 14.4 Å². The van der Waals surface area contributed by atoms with Crippen molar-refractivity contribution in [3.8, 4) is 0 Å². The normalized spacial score (nSPS) is 17.1. The lowest BCUT2D eigenvalue weighted by atomic mass is 9.96. The van der Waals surface area contributed by atoms with Crippen LogP contribution in [0, 0.1) is 24.0 Å². The maximum absolute atomic E-state index is 13.4. The molecule has 1 atom stereocenters. The monoisotopic (exact) mass is 517 g/mol. The smallest absolute Gasteiger partial charge is 0.301 e. The lowest BCUT2D eigenvalue weighted by Crippen LogP contribution is -2.29. The summed E-state index contributed by atoms with van der Waals surface area (Å²) in [6.07, 6.45) is 1.67. The Morgan fingerprint density at radius 3 is 2.41 bits per heavy atom. The second kappa shape index (κ2) is 8.75. The molecule has 0 saturated carbocycles. The van der Waals surface area contributed by atoms with Gasteiger partial charge in [-0.05, 0) is 43.7 Å². The van der Waals surface area contributed by atoms with E-state index in [1.807, 2.05) is 0 Å². The quantitative estimate of drug-likeness (QED) is 0.104. The van der Waals surface area contributed by atoms with Gasteiger partial charge in [0, 0.05) is 25.3 Å². The Kier molecular flexibility index (Phi) is 5.67. The van der Waals surface area contributed by atoms with E-state index in [1.54, 1.807) is 42.6 Å². The van der Waals surface area contributed by atoms with Gasteiger partial charge in [0.1, 0.15) is 11.3 Å². The minimum Gasteiger partial charge on any atom is -0.505 e. The van der Waals surface area contributed by atoms with E-state index in [9.17, 15) is 29.6 Å². The molecule has 4 aromatic rings. The van der Waals surface area contributed by atoms with Gasteiger partial charge in [-0.15, -0.1) is 0 Å². The van der Waals surface area contributed by atoms with Crippen LogP contribution < -0.4 is 4.90 Å². The van der Waals surface area contributed by atoms with Gasteiger partial charge in [0.05, 0.1) is 32.8 Å². The third-order valence-corrected chi connectivity index (χ3v) is 7.36. The van der Waals surface area contributed by atoms with Crippen LogP contribution in [0.4, 0.5) is 10.8 Å². The van der Waals surface area contributed by atoms with Gasteiger partial charge in [0.25, 0.3) is 11.5 Å². The summed E-state index contributed by atoms with van der Waals surface area (Å²) < 4.78 is 1.60. The number of nitro benzene ring substituents is 1. The number of hydrogen-bond donors (Lipinski definition) is 1. The van der Waals surface area contributed by atoms with E-state index in [4.69, 9.17) is 0 Å². The van der Waals surface area contributed by atoms with Gasteiger partial charge < -0.3 is 5.11 Å². The third kappa shape index (κ3) is 3.78. The number of aliphatic hydroxyl groups is 1. The molecular weight excluding hydrogens is 498 g/mol.